The van der Waals surface area contributed by atoms with Gasteiger partial charge in [-0.25, -0.2) is 8.78 Å². The molecule has 0 fully saturated rings. The van der Waals surface area contributed by atoms with Gasteiger partial charge in [0.2, 0.25) is 0 Å². The van der Waals surface area contributed by atoms with Crippen molar-refractivity contribution >= 4 is 10.8 Å². The smallest absolute Gasteiger partial charge is 0.250 e. The molecule has 0 aromatic carbocycles. The second-order valence-corrected chi connectivity index (χ2v) is 4.50. The zero-order valence-electron chi connectivity index (χ0n) is 7.35. The van der Waals surface area contributed by atoms with Crippen molar-refractivity contribution in [3.8, 4) is 0 Å². The van der Waals surface area contributed by atoms with Crippen molar-refractivity contribution in [2.45, 2.75) is 25.0 Å². The van der Waals surface area contributed by atoms with Gasteiger partial charge in [-0.15, -0.1) is 0 Å². The summed E-state index contributed by atoms with van der Waals surface area (Å²) in [6.07, 6.45) is 0.000541. The fraction of sp³-hybridized carbons (Fsp3) is 1.00. The second-order valence-electron chi connectivity index (χ2n) is 2.69. The Labute approximate surface area is 74.2 Å². The van der Waals surface area contributed by atoms with Gasteiger partial charge in [0.1, 0.15) is 0 Å². The SMILES string of the molecule is CC(CCNCC(F)F)S(C)=O. The Morgan fingerprint density at radius 2 is 2.08 bits per heavy atom. The number of hydrogen-bond donors (Lipinski definition) is 1. The minimum absolute atomic E-state index is 0.0789. The summed E-state index contributed by atoms with van der Waals surface area (Å²) in [7, 11) is -0.852. The van der Waals surface area contributed by atoms with E-state index < -0.39 is 17.2 Å². The van der Waals surface area contributed by atoms with E-state index in [0.717, 1.165) is 0 Å². The van der Waals surface area contributed by atoms with E-state index in [1.54, 1.807) is 6.26 Å². The Morgan fingerprint density at radius 1 is 1.50 bits per heavy atom. The lowest BCUT2D eigenvalue weighted by molar-refractivity contribution is 0.146. The van der Waals surface area contributed by atoms with Gasteiger partial charge in [0.25, 0.3) is 6.43 Å². The summed E-state index contributed by atoms with van der Waals surface area (Å²) in [6.45, 7) is 2.08. The molecule has 0 aliphatic rings. The molecule has 0 bridgehead atoms. The van der Waals surface area contributed by atoms with E-state index in [1.807, 2.05) is 6.92 Å². The lowest BCUT2D eigenvalue weighted by Gasteiger charge is -2.08. The molecule has 0 saturated carbocycles. The maximum Gasteiger partial charge on any atom is 0.250 e. The molecule has 12 heavy (non-hydrogen) atoms. The lowest BCUT2D eigenvalue weighted by Crippen LogP contribution is -2.25. The molecule has 1 N–H and O–H groups in total. The number of hydrogen-bond acceptors (Lipinski definition) is 2. The summed E-state index contributed by atoms with van der Waals surface area (Å²) in [4.78, 5) is 0. The highest BCUT2D eigenvalue weighted by Crippen LogP contribution is 1.97. The Balaban J connectivity index is 3.25. The van der Waals surface area contributed by atoms with Crippen LogP contribution in [-0.2, 0) is 10.8 Å². The van der Waals surface area contributed by atoms with E-state index in [4.69, 9.17) is 0 Å². The van der Waals surface area contributed by atoms with Crippen LogP contribution in [0.25, 0.3) is 0 Å². The molecular weight excluding hydrogens is 184 g/mol. The maximum atomic E-state index is 11.6. The van der Waals surface area contributed by atoms with Crippen molar-refractivity contribution in [1.29, 1.82) is 0 Å². The Hall–Kier alpha value is -0.0300. The quantitative estimate of drug-likeness (QED) is 0.647. The lowest BCUT2D eigenvalue weighted by atomic mass is 10.3. The van der Waals surface area contributed by atoms with Gasteiger partial charge in [-0.3, -0.25) is 4.21 Å². The topological polar surface area (TPSA) is 29.1 Å². The summed E-state index contributed by atoms with van der Waals surface area (Å²) in [6, 6.07) is 0. The van der Waals surface area contributed by atoms with Crippen molar-refractivity contribution in [1.82, 2.24) is 5.32 Å². The highest BCUT2D eigenvalue weighted by Gasteiger charge is 2.06. The van der Waals surface area contributed by atoms with Crippen LogP contribution in [0.4, 0.5) is 8.78 Å². The summed E-state index contributed by atoms with van der Waals surface area (Å²) in [5.74, 6) is 0. The number of halogens is 2. The molecule has 2 unspecified atom stereocenters. The first-order chi connectivity index (χ1) is 5.54. The van der Waals surface area contributed by atoms with Crippen LogP contribution < -0.4 is 5.32 Å². The maximum absolute atomic E-state index is 11.6. The highest BCUT2D eigenvalue weighted by molar-refractivity contribution is 7.84. The summed E-state index contributed by atoms with van der Waals surface area (Å²) in [5, 5.41) is 2.67. The van der Waals surface area contributed by atoms with Gasteiger partial charge < -0.3 is 5.32 Å². The van der Waals surface area contributed by atoms with Crippen LogP contribution in [0, 0.1) is 0 Å². The van der Waals surface area contributed by atoms with Gasteiger partial charge >= 0.3 is 0 Å². The van der Waals surface area contributed by atoms with Crippen molar-refractivity contribution in [3.63, 3.8) is 0 Å². The molecule has 2 nitrogen and oxygen atoms in total. The van der Waals surface area contributed by atoms with E-state index in [-0.39, 0.29) is 11.8 Å². The monoisotopic (exact) mass is 199 g/mol. The van der Waals surface area contributed by atoms with Crippen LogP contribution in [0.15, 0.2) is 0 Å². The molecule has 5 heteroatoms. The van der Waals surface area contributed by atoms with Gasteiger partial charge in [-0.1, -0.05) is 6.92 Å². The molecule has 0 amide bonds. The normalized spacial score (nSPS) is 16.4. The third-order valence-corrected chi connectivity index (χ3v) is 2.96. The largest absolute Gasteiger partial charge is 0.311 e. The minimum atomic E-state index is -2.30. The van der Waals surface area contributed by atoms with Gasteiger partial charge in [0, 0.05) is 22.3 Å². The first kappa shape index (κ1) is 12.0. The minimum Gasteiger partial charge on any atom is -0.311 e. The number of nitrogens with one attached hydrogen (secondary N) is 1. The van der Waals surface area contributed by atoms with Crippen molar-refractivity contribution < 1.29 is 13.0 Å². The Kier molecular flexibility index (Phi) is 6.47. The van der Waals surface area contributed by atoms with Crippen molar-refractivity contribution in [2.75, 3.05) is 19.3 Å². The molecule has 0 aliphatic heterocycles. The number of rotatable bonds is 6. The molecule has 0 heterocycles. The van der Waals surface area contributed by atoms with Gasteiger partial charge in [-0.05, 0) is 13.0 Å². The molecule has 0 aromatic rings. The van der Waals surface area contributed by atoms with Crippen LogP contribution in [0.2, 0.25) is 0 Å². The third kappa shape index (κ3) is 6.67. The average molecular weight is 199 g/mol. The Bertz CT molecular complexity index is 143. The fourth-order valence-corrected chi connectivity index (χ4v) is 1.13. The van der Waals surface area contributed by atoms with E-state index in [0.29, 0.717) is 13.0 Å². The standard InChI is InChI=1S/C7H15F2NOS/c1-6(12(2)11)3-4-10-5-7(8)9/h6-7,10H,3-5H2,1-2H3. The van der Waals surface area contributed by atoms with Crippen molar-refractivity contribution in [2.24, 2.45) is 0 Å². The molecule has 0 aromatic heterocycles. The van der Waals surface area contributed by atoms with E-state index in [9.17, 15) is 13.0 Å². The van der Waals surface area contributed by atoms with E-state index in [2.05, 4.69) is 5.32 Å². The van der Waals surface area contributed by atoms with Crippen LogP contribution in [-0.4, -0.2) is 35.2 Å². The van der Waals surface area contributed by atoms with E-state index in [1.165, 1.54) is 0 Å². The summed E-state index contributed by atoms with van der Waals surface area (Å²) < 4.78 is 34.0. The number of alkyl halides is 2. The second kappa shape index (κ2) is 6.48. The zero-order chi connectivity index (χ0) is 9.56. The zero-order valence-corrected chi connectivity index (χ0v) is 8.16. The fourth-order valence-electron chi connectivity index (χ4n) is 0.682. The highest BCUT2D eigenvalue weighted by atomic mass is 32.2. The first-order valence-electron chi connectivity index (χ1n) is 3.85. The van der Waals surface area contributed by atoms with Crippen LogP contribution in [0.1, 0.15) is 13.3 Å². The van der Waals surface area contributed by atoms with Crippen molar-refractivity contribution in [3.05, 3.63) is 0 Å². The first-order valence-corrected chi connectivity index (χ1v) is 5.47. The van der Waals surface area contributed by atoms with Crippen LogP contribution in [0.5, 0.6) is 0 Å². The van der Waals surface area contributed by atoms with Crippen LogP contribution in [0.3, 0.4) is 0 Å². The molecule has 0 rings (SSSR count). The van der Waals surface area contributed by atoms with Gasteiger partial charge in [-0.2, -0.15) is 0 Å². The summed E-state index contributed by atoms with van der Waals surface area (Å²) in [5.41, 5.74) is 0. The molecule has 0 aliphatic carbocycles. The Morgan fingerprint density at radius 3 is 2.50 bits per heavy atom. The predicted molar refractivity (Wildman–Crippen MR) is 47.0 cm³/mol. The third-order valence-electron chi connectivity index (χ3n) is 1.59. The molecule has 2 atom stereocenters. The van der Waals surface area contributed by atoms with Crippen LogP contribution >= 0.6 is 0 Å². The average Bonchev–Trinajstić information content (AvgIpc) is 1.97. The van der Waals surface area contributed by atoms with Gasteiger partial charge in [0.15, 0.2) is 0 Å². The molecule has 74 valence electrons. The van der Waals surface area contributed by atoms with Gasteiger partial charge in [0.05, 0.1) is 6.54 Å². The molecule has 0 saturated heterocycles. The summed E-state index contributed by atoms with van der Waals surface area (Å²) >= 11 is 0. The molecule has 0 spiro atoms. The molecular formula is C7H15F2NOS. The predicted octanol–water partition coefficient (Wildman–Crippen LogP) is 0.998. The molecule has 0 radical (unpaired) electrons. The van der Waals surface area contributed by atoms with E-state index >= 15 is 0 Å².